The van der Waals surface area contributed by atoms with Crippen LogP contribution in [0.5, 0.6) is 0 Å². The molecule has 0 bridgehead atoms. The van der Waals surface area contributed by atoms with E-state index in [0.717, 1.165) is 12.2 Å². The second-order valence-electron chi connectivity index (χ2n) is 8.40. The Kier molecular flexibility index (Phi) is 4.24. The molecule has 3 aliphatic rings. The number of fused-ring (bicyclic) bond motifs is 3. The minimum atomic E-state index is 0.227. The molecule has 0 amide bonds. The summed E-state index contributed by atoms with van der Waals surface area (Å²) in [5.41, 5.74) is 5.95. The van der Waals surface area contributed by atoms with Gasteiger partial charge in [-0.1, -0.05) is 37.8 Å². The fraction of sp³-hybridized carbons (Fsp3) is 0.440. The predicted octanol–water partition coefficient (Wildman–Crippen LogP) is 5.69. The Morgan fingerprint density at radius 2 is 2.14 bits per heavy atom. The number of hydrogen-bond acceptors (Lipinski definition) is 2. The number of aromatic nitrogens is 1. The number of benzene rings is 1. The van der Waals surface area contributed by atoms with Crippen molar-refractivity contribution < 1.29 is 4.74 Å². The first-order chi connectivity index (χ1) is 13.7. The normalized spacial score (nSPS) is 26.4. The van der Waals surface area contributed by atoms with Gasteiger partial charge in [0, 0.05) is 28.7 Å². The molecule has 2 atom stereocenters. The van der Waals surface area contributed by atoms with Crippen LogP contribution in [0.25, 0.3) is 16.6 Å². The average molecular weight is 375 g/mol. The minimum absolute atomic E-state index is 0.227. The van der Waals surface area contributed by atoms with Gasteiger partial charge in [0.25, 0.3) is 0 Å². The summed E-state index contributed by atoms with van der Waals surface area (Å²) in [5.74, 6) is 0.728. The molecule has 0 unspecified atom stereocenters. The van der Waals surface area contributed by atoms with Crippen LogP contribution in [0.15, 0.2) is 54.8 Å². The molecule has 4 heterocycles. The van der Waals surface area contributed by atoms with Gasteiger partial charge in [0.1, 0.15) is 5.76 Å². The number of ether oxygens (including phenoxy) is 1. The van der Waals surface area contributed by atoms with E-state index in [1.165, 1.54) is 54.6 Å². The van der Waals surface area contributed by atoms with E-state index in [0.29, 0.717) is 12.6 Å². The summed E-state index contributed by atoms with van der Waals surface area (Å²) in [6.07, 6.45) is 11.7. The monoisotopic (exact) mass is 374 g/mol. The number of para-hydroxylation sites is 1. The molecule has 146 valence electrons. The van der Waals surface area contributed by atoms with Crippen LogP contribution in [0.3, 0.4) is 0 Å². The van der Waals surface area contributed by atoms with Gasteiger partial charge in [-0.3, -0.25) is 4.90 Å². The summed E-state index contributed by atoms with van der Waals surface area (Å²) in [7, 11) is 0. The van der Waals surface area contributed by atoms with Crippen molar-refractivity contribution >= 4 is 16.6 Å². The van der Waals surface area contributed by atoms with Gasteiger partial charge in [-0.05, 0) is 62.9 Å². The number of nitrogens with zero attached hydrogens (tertiary/aromatic N) is 2. The Hall–Kier alpha value is -2.26. The molecule has 1 saturated heterocycles. The van der Waals surface area contributed by atoms with E-state index in [9.17, 15) is 0 Å². The lowest BCUT2D eigenvalue weighted by Gasteiger charge is -2.53. The number of allylic oxidation sites excluding steroid dienone is 3. The van der Waals surface area contributed by atoms with Crippen LogP contribution in [0.4, 0.5) is 0 Å². The van der Waals surface area contributed by atoms with Crippen molar-refractivity contribution in [3.8, 4) is 0 Å². The summed E-state index contributed by atoms with van der Waals surface area (Å²) in [4.78, 5) is 2.75. The van der Waals surface area contributed by atoms with Crippen LogP contribution < -0.4 is 0 Å². The van der Waals surface area contributed by atoms with Crippen molar-refractivity contribution in [2.75, 3.05) is 19.7 Å². The van der Waals surface area contributed by atoms with Crippen molar-refractivity contribution in [2.45, 2.75) is 45.6 Å². The summed E-state index contributed by atoms with van der Waals surface area (Å²) in [6.45, 7) is 11.5. The molecule has 1 aromatic carbocycles. The van der Waals surface area contributed by atoms with Crippen molar-refractivity contribution in [3.05, 3.63) is 66.1 Å². The molecule has 5 rings (SSSR count). The van der Waals surface area contributed by atoms with Crippen LogP contribution in [0.1, 0.15) is 50.4 Å². The van der Waals surface area contributed by atoms with Crippen molar-refractivity contribution in [2.24, 2.45) is 5.41 Å². The maximum atomic E-state index is 5.57. The minimum Gasteiger partial charge on any atom is -0.495 e. The third-order valence-electron chi connectivity index (χ3n) is 7.05. The van der Waals surface area contributed by atoms with Crippen LogP contribution in [0, 0.1) is 5.41 Å². The molecule has 28 heavy (non-hydrogen) atoms. The Morgan fingerprint density at radius 1 is 1.29 bits per heavy atom. The molecule has 1 fully saturated rings. The van der Waals surface area contributed by atoms with Crippen molar-refractivity contribution in [1.82, 2.24) is 9.47 Å². The molecule has 0 N–H and O–H groups in total. The van der Waals surface area contributed by atoms with Gasteiger partial charge in [-0.15, -0.1) is 0 Å². The fourth-order valence-corrected chi connectivity index (χ4v) is 5.85. The van der Waals surface area contributed by atoms with Crippen LogP contribution in [-0.2, 0) is 11.2 Å². The van der Waals surface area contributed by atoms with Gasteiger partial charge in [-0.25, -0.2) is 0 Å². The van der Waals surface area contributed by atoms with E-state index in [1.54, 1.807) is 5.56 Å². The lowest BCUT2D eigenvalue weighted by molar-refractivity contribution is 0.0272. The van der Waals surface area contributed by atoms with Gasteiger partial charge >= 0.3 is 0 Å². The summed E-state index contributed by atoms with van der Waals surface area (Å²) in [6, 6.07) is 9.44. The first-order valence-corrected chi connectivity index (χ1v) is 10.8. The standard InChI is InChI=1S/C25H30N2O/c1-4-25-14-8-15-26-16-13-21-20-9-6-7-10-22(20)27(23(21)24(25)26)19(17-25)12-11-18(3)28-5-2/h6-7,9-12,17,24H,3-5,8,13-16H2,1-2H3/b12-11+/t24-,25+/m1/s1. The van der Waals surface area contributed by atoms with Crippen LogP contribution >= 0.6 is 0 Å². The van der Waals surface area contributed by atoms with Gasteiger partial charge in [0.05, 0.1) is 18.2 Å². The van der Waals surface area contributed by atoms with Gasteiger partial charge < -0.3 is 9.30 Å². The molecular formula is C25H30N2O. The first kappa shape index (κ1) is 17.8. The predicted molar refractivity (Wildman–Crippen MR) is 116 cm³/mol. The number of hydrogen-bond donors (Lipinski definition) is 0. The third-order valence-corrected chi connectivity index (χ3v) is 7.05. The zero-order valence-corrected chi connectivity index (χ0v) is 17.1. The third kappa shape index (κ3) is 2.45. The van der Waals surface area contributed by atoms with E-state index < -0.39 is 0 Å². The molecular weight excluding hydrogens is 344 g/mol. The smallest absolute Gasteiger partial charge is 0.112 e. The summed E-state index contributed by atoms with van der Waals surface area (Å²) in [5, 5.41) is 1.43. The average Bonchev–Trinajstić information content (AvgIpc) is 3.07. The highest BCUT2D eigenvalue weighted by Crippen LogP contribution is 2.57. The highest BCUT2D eigenvalue weighted by molar-refractivity contribution is 5.91. The van der Waals surface area contributed by atoms with E-state index in [-0.39, 0.29) is 5.41 Å². The molecule has 0 radical (unpaired) electrons. The van der Waals surface area contributed by atoms with E-state index in [4.69, 9.17) is 4.74 Å². The Morgan fingerprint density at radius 3 is 2.96 bits per heavy atom. The Labute approximate surface area is 168 Å². The Balaban J connectivity index is 1.75. The second-order valence-corrected chi connectivity index (χ2v) is 8.40. The van der Waals surface area contributed by atoms with Gasteiger partial charge in [0.2, 0.25) is 0 Å². The SMILES string of the molecule is C=C(/C=C/C1=C[C@]2(CC)CCCN3CCc4c(n1c1ccccc41)[C@@H]32)OCC. The molecule has 0 saturated carbocycles. The lowest BCUT2D eigenvalue weighted by atomic mass is 9.66. The molecule has 0 spiro atoms. The zero-order valence-electron chi connectivity index (χ0n) is 17.1. The second kappa shape index (κ2) is 6.66. The van der Waals surface area contributed by atoms with Crippen molar-refractivity contribution in [3.63, 3.8) is 0 Å². The molecule has 2 aromatic rings. The topological polar surface area (TPSA) is 17.4 Å². The van der Waals surface area contributed by atoms with Crippen LogP contribution in [-0.4, -0.2) is 29.2 Å². The summed E-state index contributed by atoms with van der Waals surface area (Å²) >= 11 is 0. The van der Waals surface area contributed by atoms with Crippen LogP contribution in [0.2, 0.25) is 0 Å². The fourth-order valence-electron chi connectivity index (χ4n) is 5.85. The summed E-state index contributed by atoms with van der Waals surface area (Å²) < 4.78 is 8.10. The Bertz CT molecular complexity index is 995. The van der Waals surface area contributed by atoms with E-state index in [2.05, 4.69) is 59.4 Å². The van der Waals surface area contributed by atoms with E-state index >= 15 is 0 Å². The number of piperidine rings is 1. The maximum Gasteiger partial charge on any atom is 0.112 e. The molecule has 1 aromatic heterocycles. The molecule has 3 heteroatoms. The molecule has 0 aliphatic carbocycles. The molecule has 3 aliphatic heterocycles. The van der Waals surface area contributed by atoms with Gasteiger partial charge in [0.15, 0.2) is 0 Å². The number of rotatable bonds is 5. The molecule has 3 nitrogen and oxygen atoms in total. The maximum absolute atomic E-state index is 5.57. The van der Waals surface area contributed by atoms with E-state index in [1.807, 2.05) is 13.0 Å². The first-order valence-electron chi connectivity index (χ1n) is 10.8. The highest BCUT2D eigenvalue weighted by atomic mass is 16.5. The quantitative estimate of drug-likeness (QED) is 0.494. The zero-order chi connectivity index (χ0) is 19.3. The van der Waals surface area contributed by atoms with Crippen molar-refractivity contribution in [1.29, 1.82) is 0 Å². The highest BCUT2D eigenvalue weighted by Gasteiger charge is 2.49. The largest absolute Gasteiger partial charge is 0.495 e. The lowest BCUT2D eigenvalue weighted by Crippen LogP contribution is -2.50. The van der Waals surface area contributed by atoms with Gasteiger partial charge in [-0.2, -0.15) is 0 Å².